The van der Waals surface area contributed by atoms with Crippen molar-refractivity contribution >= 4 is 17.9 Å². The molecule has 0 amide bonds. The zero-order valence-corrected chi connectivity index (χ0v) is 14.6. The van der Waals surface area contributed by atoms with E-state index in [4.69, 9.17) is 0 Å². The van der Waals surface area contributed by atoms with Gasteiger partial charge in [-0.3, -0.25) is 9.65 Å². The second kappa shape index (κ2) is 7.76. The Hall–Kier alpha value is -1.37. The molecule has 2 nitrogen and oxygen atoms in total. The molecule has 2 rings (SSSR count). The molecule has 0 radical (unpaired) electrons. The highest BCUT2D eigenvalue weighted by Crippen LogP contribution is 2.40. The lowest BCUT2D eigenvalue weighted by Gasteiger charge is -2.27. The maximum Gasteiger partial charge on any atom is 0.204 e. The molecule has 2 aromatic rings. The van der Waals surface area contributed by atoms with Crippen LogP contribution in [0, 0.1) is 5.92 Å². The van der Waals surface area contributed by atoms with Gasteiger partial charge in [-0.2, -0.15) is 0 Å². The molecule has 0 aliphatic carbocycles. The van der Waals surface area contributed by atoms with Crippen LogP contribution in [0.1, 0.15) is 33.6 Å². The molecule has 118 valence electrons. The van der Waals surface area contributed by atoms with Gasteiger partial charge in [0.05, 0.1) is 0 Å². The van der Waals surface area contributed by atoms with Crippen molar-refractivity contribution < 1.29 is 4.57 Å². The zero-order valence-electron chi connectivity index (χ0n) is 13.7. The molecule has 1 unspecified atom stereocenters. The number of hydrogen-bond donors (Lipinski definition) is 1. The van der Waals surface area contributed by atoms with Crippen molar-refractivity contribution in [3.05, 3.63) is 60.7 Å². The fourth-order valence-electron chi connectivity index (χ4n) is 2.71. The van der Waals surface area contributed by atoms with Crippen molar-refractivity contribution in [2.45, 2.75) is 39.7 Å². The molecular formula is C19H26NOP. The van der Waals surface area contributed by atoms with Crippen LogP contribution in [0.3, 0.4) is 0 Å². The summed E-state index contributed by atoms with van der Waals surface area (Å²) in [5, 5.41) is 5.26. The van der Waals surface area contributed by atoms with Crippen LogP contribution in [-0.4, -0.2) is 6.04 Å². The van der Waals surface area contributed by atoms with Crippen LogP contribution in [0.5, 0.6) is 0 Å². The summed E-state index contributed by atoms with van der Waals surface area (Å²) in [6.07, 6.45) is 2.00. The van der Waals surface area contributed by atoms with Crippen molar-refractivity contribution in [2.24, 2.45) is 5.92 Å². The van der Waals surface area contributed by atoms with Crippen molar-refractivity contribution in [1.82, 2.24) is 5.09 Å². The summed E-state index contributed by atoms with van der Waals surface area (Å²) in [6.45, 7) is 6.57. The standard InChI is InChI=1S/C19H26NOP/c1-4-17(15-16(2)3)20-22(21,18-11-7-5-8-12-18)19-13-9-6-10-14-19/h5-14,16-17H,4,15H2,1-3H3,(H,20,21). The predicted octanol–water partition coefficient (Wildman–Crippen LogP) is 4.33. The monoisotopic (exact) mass is 315 g/mol. The predicted molar refractivity (Wildman–Crippen MR) is 96.4 cm³/mol. The number of hydrogen-bond acceptors (Lipinski definition) is 1. The van der Waals surface area contributed by atoms with Crippen LogP contribution in [-0.2, 0) is 4.57 Å². The minimum absolute atomic E-state index is 0.256. The second-order valence-electron chi connectivity index (χ2n) is 6.14. The summed E-state index contributed by atoms with van der Waals surface area (Å²) in [5.74, 6) is 0.581. The van der Waals surface area contributed by atoms with E-state index in [-0.39, 0.29) is 6.04 Å². The van der Waals surface area contributed by atoms with E-state index in [0.29, 0.717) is 5.92 Å². The van der Waals surface area contributed by atoms with Gasteiger partial charge in [-0.05, 0) is 43.0 Å². The molecule has 0 heterocycles. The van der Waals surface area contributed by atoms with E-state index in [1.165, 1.54) is 0 Å². The fourth-order valence-corrected chi connectivity index (χ4v) is 5.29. The topological polar surface area (TPSA) is 29.1 Å². The van der Waals surface area contributed by atoms with E-state index in [9.17, 15) is 4.57 Å². The quantitative estimate of drug-likeness (QED) is 0.771. The first-order chi connectivity index (χ1) is 10.6. The Balaban J connectivity index is 2.41. The molecule has 0 saturated heterocycles. The van der Waals surface area contributed by atoms with E-state index in [2.05, 4.69) is 25.9 Å². The van der Waals surface area contributed by atoms with Gasteiger partial charge in [-0.15, -0.1) is 0 Å². The Labute approximate surface area is 134 Å². The van der Waals surface area contributed by atoms with E-state index in [1.807, 2.05) is 60.7 Å². The Kier molecular flexibility index (Phi) is 5.99. The molecule has 0 aliphatic rings. The van der Waals surface area contributed by atoms with Gasteiger partial charge in [0, 0.05) is 16.7 Å². The Morgan fingerprint density at radius 1 is 0.909 bits per heavy atom. The molecule has 0 bridgehead atoms. The summed E-state index contributed by atoms with van der Waals surface area (Å²) in [7, 11) is -2.80. The number of benzene rings is 2. The molecule has 0 saturated carbocycles. The Bertz CT molecular complexity index is 566. The Morgan fingerprint density at radius 2 is 1.36 bits per heavy atom. The van der Waals surface area contributed by atoms with Crippen LogP contribution in [0.25, 0.3) is 0 Å². The lowest BCUT2D eigenvalue weighted by molar-refractivity contribution is 0.454. The van der Waals surface area contributed by atoms with Crippen molar-refractivity contribution in [2.75, 3.05) is 0 Å². The molecule has 2 aromatic carbocycles. The summed E-state index contributed by atoms with van der Waals surface area (Å²) >= 11 is 0. The molecule has 1 atom stereocenters. The van der Waals surface area contributed by atoms with E-state index in [1.54, 1.807) is 0 Å². The van der Waals surface area contributed by atoms with Gasteiger partial charge in [0.2, 0.25) is 7.29 Å². The maximum absolute atomic E-state index is 13.9. The highest BCUT2D eigenvalue weighted by Gasteiger charge is 2.29. The molecule has 3 heteroatoms. The largest absolute Gasteiger partial charge is 0.297 e. The first kappa shape index (κ1) is 17.0. The van der Waals surface area contributed by atoms with Gasteiger partial charge in [0.15, 0.2) is 0 Å². The first-order valence-electron chi connectivity index (χ1n) is 8.05. The Morgan fingerprint density at radius 3 is 1.73 bits per heavy atom. The van der Waals surface area contributed by atoms with Crippen molar-refractivity contribution in [3.8, 4) is 0 Å². The maximum atomic E-state index is 13.9. The van der Waals surface area contributed by atoms with Gasteiger partial charge < -0.3 is 0 Å². The second-order valence-corrected chi connectivity index (χ2v) is 8.65. The molecule has 22 heavy (non-hydrogen) atoms. The van der Waals surface area contributed by atoms with E-state index < -0.39 is 7.29 Å². The normalized spacial score (nSPS) is 13.3. The smallest absolute Gasteiger partial charge is 0.204 e. The molecule has 0 aromatic heterocycles. The number of nitrogens with one attached hydrogen (secondary N) is 1. The summed E-state index contributed by atoms with van der Waals surface area (Å²) < 4.78 is 13.9. The van der Waals surface area contributed by atoms with Crippen LogP contribution < -0.4 is 15.7 Å². The van der Waals surface area contributed by atoms with Gasteiger partial charge in [0.25, 0.3) is 0 Å². The van der Waals surface area contributed by atoms with Crippen molar-refractivity contribution in [1.29, 1.82) is 0 Å². The summed E-state index contributed by atoms with van der Waals surface area (Å²) in [6, 6.07) is 19.8. The average Bonchev–Trinajstić information content (AvgIpc) is 2.55. The van der Waals surface area contributed by atoms with Crippen LogP contribution in [0.2, 0.25) is 0 Å². The zero-order chi connectivity index (χ0) is 16.0. The SMILES string of the molecule is CCC(CC(C)C)NP(=O)(c1ccccc1)c1ccccc1. The molecule has 1 N–H and O–H groups in total. The van der Waals surface area contributed by atoms with Gasteiger partial charge in [0.1, 0.15) is 0 Å². The van der Waals surface area contributed by atoms with Gasteiger partial charge in [-0.1, -0.05) is 57.2 Å². The minimum atomic E-state index is -2.80. The molecule has 0 fully saturated rings. The third kappa shape index (κ3) is 4.09. The summed E-state index contributed by atoms with van der Waals surface area (Å²) in [4.78, 5) is 0. The van der Waals surface area contributed by atoms with Crippen LogP contribution >= 0.6 is 7.29 Å². The fraction of sp³-hybridized carbons (Fsp3) is 0.368. The molecule has 0 aliphatic heterocycles. The molecule has 0 spiro atoms. The first-order valence-corrected chi connectivity index (χ1v) is 9.76. The lowest BCUT2D eigenvalue weighted by atomic mass is 10.0. The minimum Gasteiger partial charge on any atom is -0.297 e. The van der Waals surface area contributed by atoms with Gasteiger partial charge in [-0.25, -0.2) is 0 Å². The third-order valence-electron chi connectivity index (χ3n) is 3.85. The van der Waals surface area contributed by atoms with Crippen molar-refractivity contribution in [3.63, 3.8) is 0 Å². The van der Waals surface area contributed by atoms with E-state index in [0.717, 1.165) is 23.5 Å². The van der Waals surface area contributed by atoms with E-state index >= 15 is 0 Å². The van der Waals surface area contributed by atoms with Crippen LogP contribution in [0.15, 0.2) is 60.7 Å². The third-order valence-corrected chi connectivity index (χ3v) is 6.63. The molecular weight excluding hydrogens is 289 g/mol. The highest BCUT2D eigenvalue weighted by molar-refractivity contribution is 7.76. The highest BCUT2D eigenvalue weighted by atomic mass is 31.2. The average molecular weight is 315 g/mol. The number of rotatable bonds is 7. The summed E-state index contributed by atoms with van der Waals surface area (Å²) in [5.41, 5.74) is 0. The van der Waals surface area contributed by atoms with Gasteiger partial charge >= 0.3 is 0 Å². The lowest BCUT2D eigenvalue weighted by Crippen LogP contribution is -2.35. The van der Waals surface area contributed by atoms with Crippen LogP contribution in [0.4, 0.5) is 0 Å².